The number of aliphatic imine (C=N–C) groups is 1. The molecule has 0 spiro atoms. The van der Waals surface area contributed by atoms with Crippen molar-refractivity contribution in [2.45, 2.75) is 13.8 Å². The third-order valence-electron chi connectivity index (χ3n) is 2.75. The monoisotopic (exact) mass is 362 g/mol. The molecular weight excluding hydrogens is 348 g/mol. The zero-order chi connectivity index (χ0) is 16.1. The van der Waals surface area contributed by atoms with Crippen LogP contribution < -0.4 is 4.74 Å². The normalized spacial score (nSPS) is 11.1. The second-order valence-electron chi connectivity index (χ2n) is 4.89. The van der Waals surface area contributed by atoms with Crippen LogP contribution in [0.25, 0.3) is 0 Å². The average molecular weight is 363 g/mol. The van der Waals surface area contributed by atoms with Gasteiger partial charge in [-0.05, 0) is 24.3 Å². The highest BCUT2D eigenvalue weighted by molar-refractivity contribution is 9.10. The Morgan fingerprint density at radius 3 is 2.86 bits per heavy atom. The number of phenols is 1. The molecule has 1 aromatic carbocycles. The number of phenolic OH excluding ortho intramolecular Hbond substituents is 1. The smallest absolute Gasteiger partial charge is 0.313 e. The lowest BCUT2D eigenvalue weighted by Crippen LogP contribution is -2.15. The Morgan fingerprint density at radius 1 is 1.45 bits per heavy atom. The SMILES string of the molecule is CC(C)C(=O)Oc1cc(Br)cc(C=Nc2cccnc2)c1O. The highest BCUT2D eigenvalue weighted by Gasteiger charge is 2.15. The molecule has 2 aromatic rings. The Morgan fingerprint density at radius 2 is 2.23 bits per heavy atom. The molecule has 0 fully saturated rings. The van der Waals surface area contributed by atoms with Gasteiger partial charge in [-0.2, -0.15) is 0 Å². The summed E-state index contributed by atoms with van der Waals surface area (Å²) in [6.45, 7) is 3.45. The van der Waals surface area contributed by atoms with Gasteiger partial charge in [-0.3, -0.25) is 14.8 Å². The van der Waals surface area contributed by atoms with Gasteiger partial charge in [0.05, 0.1) is 17.8 Å². The van der Waals surface area contributed by atoms with Gasteiger partial charge in [-0.25, -0.2) is 0 Å². The molecule has 0 saturated carbocycles. The lowest BCUT2D eigenvalue weighted by molar-refractivity contribution is -0.137. The fourth-order valence-electron chi connectivity index (χ4n) is 1.57. The molecule has 6 heteroatoms. The van der Waals surface area contributed by atoms with Crippen molar-refractivity contribution >= 4 is 33.8 Å². The number of rotatable bonds is 4. The first-order chi connectivity index (χ1) is 10.5. The third kappa shape index (κ3) is 4.14. The highest BCUT2D eigenvalue weighted by atomic mass is 79.9. The molecule has 0 bridgehead atoms. The van der Waals surface area contributed by atoms with Crippen molar-refractivity contribution in [3.8, 4) is 11.5 Å². The lowest BCUT2D eigenvalue weighted by atomic mass is 10.2. The van der Waals surface area contributed by atoms with Crippen LogP contribution in [-0.4, -0.2) is 22.3 Å². The van der Waals surface area contributed by atoms with Crippen LogP contribution >= 0.6 is 15.9 Å². The summed E-state index contributed by atoms with van der Waals surface area (Å²) in [6.07, 6.45) is 4.74. The largest absolute Gasteiger partial charge is 0.504 e. The van der Waals surface area contributed by atoms with E-state index in [4.69, 9.17) is 4.74 Å². The van der Waals surface area contributed by atoms with Gasteiger partial charge in [-0.15, -0.1) is 0 Å². The Hall–Kier alpha value is -2.21. The predicted molar refractivity (Wildman–Crippen MR) is 87.8 cm³/mol. The minimum atomic E-state index is -0.413. The molecule has 1 aromatic heterocycles. The number of halogens is 1. The predicted octanol–water partition coefficient (Wildman–Crippen LogP) is 3.86. The van der Waals surface area contributed by atoms with Gasteiger partial charge < -0.3 is 9.84 Å². The minimum absolute atomic E-state index is 0.0979. The van der Waals surface area contributed by atoms with Crippen LogP contribution in [0.15, 0.2) is 46.1 Å². The maximum atomic E-state index is 11.7. The van der Waals surface area contributed by atoms with Crippen molar-refractivity contribution in [2.75, 3.05) is 0 Å². The van der Waals surface area contributed by atoms with E-state index in [-0.39, 0.29) is 17.4 Å². The number of aromatic hydroxyl groups is 1. The number of aromatic nitrogens is 1. The molecule has 1 heterocycles. The Balaban J connectivity index is 2.31. The second-order valence-corrected chi connectivity index (χ2v) is 5.80. The molecule has 5 nitrogen and oxygen atoms in total. The molecule has 0 aliphatic carbocycles. The number of nitrogens with zero attached hydrogens (tertiary/aromatic N) is 2. The van der Waals surface area contributed by atoms with Gasteiger partial charge in [0, 0.05) is 22.4 Å². The van der Waals surface area contributed by atoms with E-state index in [2.05, 4.69) is 25.9 Å². The number of esters is 1. The van der Waals surface area contributed by atoms with E-state index in [1.165, 1.54) is 12.3 Å². The summed E-state index contributed by atoms with van der Waals surface area (Å²) in [4.78, 5) is 19.9. The minimum Gasteiger partial charge on any atom is -0.504 e. The molecule has 0 saturated heterocycles. The molecule has 0 amide bonds. The van der Waals surface area contributed by atoms with Gasteiger partial charge in [0.25, 0.3) is 0 Å². The Labute approximate surface area is 136 Å². The maximum absolute atomic E-state index is 11.7. The van der Waals surface area contributed by atoms with Crippen LogP contribution in [0.4, 0.5) is 5.69 Å². The van der Waals surface area contributed by atoms with Crippen LogP contribution in [0.3, 0.4) is 0 Å². The molecule has 0 aliphatic heterocycles. The van der Waals surface area contributed by atoms with Gasteiger partial charge >= 0.3 is 5.97 Å². The van der Waals surface area contributed by atoms with Crippen LogP contribution in [-0.2, 0) is 4.79 Å². The summed E-state index contributed by atoms with van der Waals surface area (Å²) in [5, 5.41) is 10.2. The van der Waals surface area contributed by atoms with Crippen LogP contribution in [0.1, 0.15) is 19.4 Å². The molecule has 0 atom stereocenters. The highest BCUT2D eigenvalue weighted by Crippen LogP contribution is 2.33. The molecule has 1 N–H and O–H groups in total. The quantitative estimate of drug-likeness (QED) is 0.509. The number of benzene rings is 1. The number of carbonyl (C=O) groups is 1. The zero-order valence-electron chi connectivity index (χ0n) is 12.2. The molecule has 2 rings (SSSR count). The molecule has 0 unspecified atom stereocenters. The number of ether oxygens (including phenoxy) is 1. The lowest BCUT2D eigenvalue weighted by Gasteiger charge is -2.10. The van der Waals surface area contributed by atoms with Gasteiger partial charge in [0.2, 0.25) is 0 Å². The maximum Gasteiger partial charge on any atom is 0.313 e. The number of hydrogen-bond donors (Lipinski definition) is 1. The van der Waals surface area contributed by atoms with Crippen LogP contribution in [0, 0.1) is 5.92 Å². The average Bonchev–Trinajstić information content (AvgIpc) is 2.50. The number of hydrogen-bond acceptors (Lipinski definition) is 5. The molecule has 22 heavy (non-hydrogen) atoms. The second kappa shape index (κ2) is 7.17. The Bertz CT molecular complexity index is 700. The number of carbonyl (C=O) groups excluding carboxylic acids is 1. The van der Waals surface area contributed by atoms with Gasteiger partial charge in [0.15, 0.2) is 11.5 Å². The van der Waals surface area contributed by atoms with E-state index in [1.54, 1.807) is 44.4 Å². The van der Waals surface area contributed by atoms with E-state index < -0.39 is 5.97 Å². The standard InChI is InChI=1S/C16H15BrN2O3/c1-10(2)16(21)22-14-7-12(17)6-11(15(14)20)8-19-13-4-3-5-18-9-13/h3-10,20H,1-2H3. The van der Waals surface area contributed by atoms with E-state index in [1.807, 2.05) is 0 Å². The summed E-state index contributed by atoms with van der Waals surface area (Å²) < 4.78 is 5.86. The summed E-state index contributed by atoms with van der Waals surface area (Å²) >= 11 is 3.32. The van der Waals surface area contributed by atoms with Crippen molar-refractivity contribution in [3.63, 3.8) is 0 Å². The van der Waals surface area contributed by atoms with Crippen molar-refractivity contribution in [2.24, 2.45) is 10.9 Å². The molecule has 114 valence electrons. The van der Waals surface area contributed by atoms with Gasteiger partial charge in [-0.1, -0.05) is 29.8 Å². The van der Waals surface area contributed by atoms with Crippen molar-refractivity contribution in [1.82, 2.24) is 4.98 Å². The summed E-state index contributed by atoms with van der Waals surface area (Å²) in [5.41, 5.74) is 1.09. The first kappa shape index (κ1) is 16.2. The fourth-order valence-corrected chi connectivity index (χ4v) is 2.03. The third-order valence-corrected chi connectivity index (χ3v) is 3.21. The summed E-state index contributed by atoms with van der Waals surface area (Å²) in [7, 11) is 0. The Kier molecular flexibility index (Phi) is 5.27. The van der Waals surface area contributed by atoms with E-state index in [0.717, 1.165) is 0 Å². The summed E-state index contributed by atoms with van der Waals surface area (Å²) in [5.74, 6) is -0.736. The van der Waals surface area contributed by atoms with Crippen molar-refractivity contribution in [1.29, 1.82) is 0 Å². The van der Waals surface area contributed by atoms with Crippen molar-refractivity contribution in [3.05, 3.63) is 46.7 Å². The first-order valence-corrected chi connectivity index (χ1v) is 7.45. The first-order valence-electron chi connectivity index (χ1n) is 6.65. The van der Waals surface area contributed by atoms with E-state index in [9.17, 15) is 9.90 Å². The summed E-state index contributed by atoms with van der Waals surface area (Å²) in [6, 6.07) is 6.78. The zero-order valence-corrected chi connectivity index (χ0v) is 13.7. The molecule has 0 radical (unpaired) electrons. The molecular formula is C16H15BrN2O3. The molecule has 0 aliphatic rings. The van der Waals surface area contributed by atoms with E-state index >= 15 is 0 Å². The van der Waals surface area contributed by atoms with Crippen LogP contribution in [0.2, 0.25) is 0 Å². The van der Waals surface area contributed by atoms with Crippen molar-refractivity contribution < 1.29 is 14.6 Å². The van der Waals surface area contributed by atoms with Gasteiger partial charge in [0.1, 0.15) is 0 Å². The van der Waals surface area contributed by atoms with Crippen LogP contribution in [0.5, 0.6) is 11.5 Å². The topological polar surface area (TPSA) is 71.8 Å². The van der Waals surface area contributed by atoms with E-state index in [0.29, 0.717) is 15.7 Å². The number of pyridine rings is 1. The fraction of sp³-hybridized carbons (Fsp3) is 0.188.